The highest BCUT2D eigenvalue weighted by Crippen LogP contribution is 2.30. The number of rotatable bonds is 9. The van der Waals surface area contributed by atoms with Crippen LogP contribution in [-0.2, 0) is 0 Å². The Labute approximate surface area is 208 Å². The van der Waals surface area contributed by atoms with Crippen molar-refractivity contribution in [3.8, 4) is 17.2 Å². The molecule has 176 valence electrons. The van der Waals surface area contributed by atoms with E-state index in [0.29, 0.717) is 18.3 Å². The van der Waals surface area contributed by atoms with Gasteiger partial charge in [0.25, 0.3) is 0 Å². The van der Waals surface area contributed by atoms with Crippen molar-refractivity contribution in [2.45, 2.75) is 25.8 Å². The summed E-state index contributed by atoms with van der Waals surface area (Å²) in [6, 6.07) is 14.3. The van der Waals surface area contributed by atoms with Crippen LogP contribution in [-0.4, -0.2) is 58.4 Å². The van der Waals surface area contributed by atoms with Crippen LogP contribution < -0.4 is 24.8 Å². The fourth-order valence-corrected chi connectivity index (χ4v) is 3.89. The van der Waals surface area contributed by atoms with Crippen molar-refractivity contribution in [3.63, 3.8) is 0 Å². The number of nitrogens with one attached hydrogen (secondary N) is 2. The molecule has 0 saturated carbocycles. The summed E-state index contributed by atoms with van der Waals surface area (Å²) in [4.78, 5) is 6.93. The van der Waals surface area contributed by atoms with Gasteiger partial charge in [0.1, 0.15) is 5.75 Å². The van der Waals surface area contributed by atoms with Crippen molar-refractivity contribution in [2.24, 2.45) is 4.99 Å². The number of nitrogens with zero attached hydrogens (tertiary/aromatic N) is 2. The Hall–Kier alpha value is -2.20. The molecule has 0 radical (unpaired) electrons. The maximum atomic E-state index is 5.60. The molecule has 0 amide bonds. The third-order valence-electron chi connectivity index (χ3n) is 5.47. The van der Waals surface area contributed by atoms with Crippen LogP contribution >= 0.6 is 24.0 Å². The summed E-state index contributed by atoms with van der Waals surface area (Å²) in [5.41, 5.74) is 2.12. The summed E-state index contributed by atoms with van der Waals surface area (Å²) in [6.07, 6.45) is 2.47. The second-order valence-corrected chi connectivity index (χ2v) is 7.41. The van der Waals surface area contributed by atoms with Gasteiger partial charge in [-0.05, 0) is 62.7 Å². The second kappa shape index (κ2) is 13.4. The molecule has 7 nitrogen and oxygen atoms in total. The van der Waals surface area contributed by atoms with Gasteiger partial charge in [0.2, 0.25) is 0 Å². The lowest BCUT2D eigenvalue weighted by Gasteiger charge is -2.29. The number of methoxy groups -OCH3 is 2. The molecule has 2 N–H and O–H groups in total. The number of likely N-dealkylation sites (tertiary alicyclic amines) is 1. The number of anilines is 1. The first-order valence-electron chi connectivity index (χ1n) is 10.8. The number of benzene rings is 2. The van der Waals surface area contributed by atoms with Crippen molar-refractivity contribution < 1.29 is 14.2 Å². The van der Waals surface area contributed by atoms with Crippen molar-refractivity contribution in [2.75, 3.05) is 52.8 Å². The van der Waals surface area contributed by atoms with E-state index in [1.54, 1.807) is 21.3 Å². The van der Waals surface area contributed by atoms with Gasteiger partial charge in [0.15, 0.2) is 17.5 Å². The molecule has 1 fully saturated rings. The van der Waals surface area contributed by atoms with E-state index in [1.165, 1.54) is 18.4 Å². The number of aliphatic imine (C=N–C) groups is 1. The summed E-state index contributed by atoms with van der Waals surface area (Å²) in [5.74, 6) is 3.00. The average molecular weight is 554 g/mol. The third kappa shape index (κ3) is 6.90. The Bertz CT molecular complexity index is 872. The van der Waals surface area contributed by atoms with Gasteiger partial charge in [-0.25, -0.2) is 0 Å². The maximum absolute atomic E-state index is 5.60. The molecule has 1 aliphatic rings. The van der Waals surface area contributed by atoms with Gasteiger partial charge in [-0.2, -0.15) is 0 Å². The first kappa shape index (κ1) is 26.1. The summed E-state index contributed by atoms with van der Waals surface area (Å²) >= 11 is 0. The molecule has 0 aromatic heterocycles. The highest BCUT2D eigenvalue weighted by molar-refractivity contribution is 14.0. The molecular formula is C24H35IN4O3. The normalized spacial score (nSPS) is 14.9. The highest BCUT2D eigenvalue weighted by Gasteiger charge is 2.24. The molecule has 2 aromatic carbocycles. The summed E-state index contributed by atoms with van der Waals surface area (Å²) in [7, 11) is 5.13. The van der Waals surface area contributed by atoms with Crippen LogP contribution in [0.5, 0.6) is 17.2 Å². The van der Waals surface area contributed by atoms with E-state index in [1.807, 2.05) is 31.2 Å². The Balaban J connectivity index is 0.00000363. The van der Waals surface area contributed by atoms with E-state index < -0.39 is 0 Å². The van der Waals surface area contributed by atoms with Gasteiger partial charge in [-0.3, -0.25) is 9.89 Å². The summed E-state index contributed by atoms with van der Waals surface area (Å²) in [5, 5.41) is 6.85. The zero-order valence-electron chi connectivity index (χ0n) is 19.4. The zero-order chi connectivity index (χ0) is 22.1. The Morgan fingerprint density at radius 3 is 2.50 bits per heavy atom. The monoisotopic (exact) mass is 554 g/mol. The molecular weight excluding hydrogens is 519 g/mol. The average Bonchev–Trinajstić information content (AvgIpc) is 3.34. The van der Waals surface area contributed by atoms with E-state index in [-0.39, 0.29) is 30.0 Å². The Morgan fingerprint density at radius 2 is 1.84 bits per heavy atom. The predicted octanol–water partition coefficient (Wildman–Crippen LogP) is 4.54. The molecule has 8 heteroatoms. The number of hydrogen-bond donors (Lipinski definition) is 2. The molecule has 1 heterocycles. The molecule has 32 heavy (non-hydrogen) atoms. The van der Waals surface area contributed by atoms with E-state index in [2.05, 4.69) is 38.7 Å². The van der Waals surface area contributed by atoms with Gasteiger partial charge in [-0.15, -0.1) is 24.0 Å². The number of guanidine groups is 1. The van der Waals surface area contributed by atoms with Gasteiger partial charge in [-0.1, -0.05) is 12.1 Å². The molecule has 0 aliphatic carbocycles. The molecule has 2 aromatic rings. The fourth-order valence-electron chi connectivity index (χ4n) is 3.89. The van der Waals surface area contributed by atoms with E-state index in [4.69, 9.17) is 14.2 Å². The van der Waals surface area contributed by atoms with Crippen LogP contribution in [0.15, 0.2) is 47.5 Å². The molecule has 1 saturated heterocycles. The second-order valence-electron chi connectivity index (χ2n) is 7.41. The van der Waals surface area contributed by atoms with Gasteiger partial charge in [0.05, 0.1) is 26.9 Å². The molecule has 1 aliphatic heterocycles. The number of hydrogen-bond acceptors (Lipinski definition) is 5. The molecule has 0 spiro atoms. The van der Waals surface area contributed by atoms with Crippen molar-refractivity contribution in [3.05, 3.63) is 48.0 Å². The molecule has 3 rings (SSSR count). The maximum Gasteiger partial charge on any atom is 0.195 e. The van der Waals surface area contributed by atoms with Crippen LogP contribution in [0, 0.1) is 0 Å². The lowest BCUT2D eigenvalue weighted by molar-refractivity contribution is 0.245. The number of halogens is 1. The first-order valence-corrected chi connectivity index (χ1v) is 10.8. The smallest absolute Gasteiger partial charge is 0.195 e. The third-order valence-corrected chi connectivity index (χ3v) is 5.47. The minimum atomic E-state index is 0. The van der Waals surface area contributed by atoms with Crippen molar-refractivity contribution >= 4 is 35.6 Å². The Morgan fingerprint density at radius 1 is 1.06 bits per heavy atom. The predicted molar refractivity (Wildman–Crippen MR) is 141 cm³/mol. The van der Waals surface area contributed by atoms with Gasteiger partial charge < -0.3 is 24.8 Å². The Kier molecular flexibility index (Phi) is 10.9. The van der Waals surface area contributed by atoms with Crippen LogP contribution in [0.2, 0.25) is 0 Å². The quantitative estimate of drug-likeness (QED) is 0.270. The summed E-state index contributed by atoms with van der Waals surface area (Å²) in [6.45, 7) is 5.49. The van der Waals surface area contributed by atoms with E-state index >= 15 is 0 Å². The lowest BCUT2D eigenvalue weighted by atomic mass is 10.1. The van der Waals surface area contributed by atoms with Crippen LogP contribution in [0.25, 0.3) is 0 Å². The number of ether oxygens (including phenoxy) is 3. The van der Waals surface area contributed by atoms with Gasteiger partial charge >= 0.3 is 0 Å². The van der Waals surface area contributed by atoms with Crippen LogP contribution in [0.4, 0.5) is 5.69 Å². The SMILES string of the molecule is CCOc1ccc(NC(=NC)NCC(c2cccc(OC)c2)N2CCCC2)cc1OC.I. The van der Waals surface area contributed by atoms with Gasteiger partial charge in [0, 0.05) is 25.3 Å². The zero-order valence-corrected chi connectivity index (χ0v) is 21.7. The standard InChI is InChI=1S/C24H34N4O3.HI/c1-5-31-22-12-11-19(16-23(22)30-4)27-24(25-2)26-17-21(28-13-6-7-14-28)18-9-8-10-20(15-18)29-3;/h8-12,15-16,21H,5-7,13-14,17H2,1-4H3,(H2,25,26,27);1H. The molecule has 1 unspecified atom stereocenters. The van der Waals surface area contributed by atoms with Crippen molar-refractivity contribution in [1.29, 1.82) is 0 Å². The van der Waals surface area contributed by atoms with Crippen LogP contribution in [0.1, 0.15) is 31.4 Å². The highest BCUT2D eigenvalue weighted by atomic mass is 127. The first-order chi connectivity index (χ1) is 15.2. The van der Waals surface area contributed by atoms with E-state index in [9.17, 15) is 0 Å². The topological polar surface area (TPSA) is 67.3 Å². The largest absolute Gasteiger partial charge is 0.497 e. The summed E-state index contributed by atoms with van der Waals surface area (Å²) < 4.78 is 16.5. The van der Waals surface area contributed by atoms with E-state index in [0.717, 1.165) is 36.8 Å². The minimum Gasteiger partial charge on any atom is -0.497 e. The van der Waals surface area contributed by atoms with Crippen molar-refractivity contribution in [1.82, 2.24) is 10.2 Å². The lowest BCUT2D eigenvalue weighted by Crippen LogP contribution is -2.39. The minimum absolute atomic E-state index is 0. The molecule has 0 bridgehead atoms. The van der Waals surface area contributed by atoms with Crippen LogP contribution in [0.3, 0.4) is 0 Å². The fraction of sp³-hybridized carbons (Fsp3) is 0.458. The molecule has 1 atom stereocenters.